The molecule has 0 spiro atoms. The number of hydrogen-bond acceptors (Lipinski definition) is 6. The van der Waals surface area contributed by atoms with Crippen molar-refractivity contribution < 1.29 is 14.3 Å². The Morgan fingerprint density at radius 1 is 1.03 bits per heavy atom. The summed E-state index contributed by atoms with van der Waals surface area (Å²) in [7, 11) is 0. The summed E-state index contributed by atoms with van der Waals surface area (Å²) in [6, 6.07) is 16.3. The Kier molecular flexibility index (Phi) is 9.38. The van der Waals surface area contributed by atoms with Crippen LogP contribution in [0.15, 0.2) is 77.0 Å². The van der Waals surface area contributed by atoms with Gasteiger partial charge in [0.1, 0.15) is 5.82 Å². The summed E-state index contributed by atoms with van der Waals surface area (Å²) in [5.74, 6) is 3.49. The number of amides is 1. The number of carbonyl (C=O) groups is 1. The number of nitrogens with zero attached hydrogens (tertiary/aromatic N) is 3. The number of carbonyl (C=O) groups excluding carboxylic acids is 1. The molecule has 0 fully saturated rings. The Morgan fingerprint density at radius 3 is 2.77 bits per heavy atom. The molecule has 3 aromatic rings. The maximum absolute atomic E-state index is 12.4. The average Bonchev–Trinajstić information content (AvgIpc) is 3.59. The molecule has 5 rings (SSSR count). The van der Waals surface area contributed by atoms with E-state index in [1.54, 1.807) is 11.8 Å². The van der Waals surface area contributed by atoms with E-state index in [-0.39, 0.29) is 12.7 Å². The van der Waals surface area contributed by atoms with Gasteiger partial charge in [-0.1, -0.05) is 71.5 Å². The first kappa shape index (κ1) is 27.1. The maximum Gasteiger partial charge on any atom is 0.231 e. The minimum atomic E-state index is 0.0552. The van der Waals surface area contributed by atoms with Gasteiger partial charge in [-0.3, -0.25) is 4.79 Å². The fraction of sp³-hybridized carbons (Fsp3) is 0.387. The lowest BCUT2D eigenvalue weighted by Crippen LogP contribution is -2.22. The van der Waals surface area contributed by atoms with Gasteiger partial charge in [-0.05, 0) is 62.3 Å². The molecular weight excluding hydrogens is 508 g/mol. The van der Waals surface area contributed by atoms with Crippen molar-refractivity contribution in [1.29, 1.82) is 0 Å². The Bertz CT molecular complexity index is 1330. The number of unbranched alkanes of at least 4 members (excludes halogenated alkanes) is 1. The molecule has 8 heteroatoms. The third-order valence-electron chi connectivity index (χ3n) is 7.16. The number of nitrogens with one attached hydrogen (secondary N) is 1. The third-order valence-corrected chi connectivity index (χ3v) is 8.21. The van der Waals surface area contributed by atoms with Crippen molar-refractivity contribution >= 4 is 17.7 Å². The van der Waals surface area contributed by atoms with Crippen molar-refractivity contribution in [2.75, 3.05) is 12.5 Å². The number of allylic oxidation sites excluding steroid dienone is 3. The van der Waals surface area contributed by atoms with E-state index in [0.29, 0.717) is 13.0 Å². The number of rotatable bonds is 13. The lowest BCUT2D eigenvalue weighted by Gasteiger charge is -2.14. The largest absolute Gasteiger partial charge is 0.454 e. The highest BCUT2D eigenvalue weighted by Crippen LogP contribution is 2.32. The summed E-state index contributed by atoms with van der Waals surface area (Å²) in [4.78, 5) is 12.4. The summed E-state index contributed by atoms with van der Waals surface area (Å²) < 4.78 is 13.0. The number of aromatic nitrogens is 3. The molecule has 39 heavy (non-hydrogen) atoms. The van der Waals surface area contributed by atoms with Gasteiger partial charge in [0.05, 0.1) is 0 Å². The Balaban J connectivity index is 1.12. The molecule has 0 bridgehead atoms. The second-order valence-corrected chi connectivity index (χ2v) is 10.9. The number of aryl methyl sites for hydroxylation is 2. The van der Waals surface area contributed by atoms with E-state index < -0.39 is 0 Å². The molecule has 0 radical (unpaired) electrons. The zero-order valence-electron chi connectivity index (χ0n) is 22.5. The van der Waals surface area contributed by atoms with Crippen LogP contribution in [0, 0.1) is 0 Å². The van der Waals surface area contributed by atoms with E-state index >= 15 is 0 Å². The highest BCUT2D eigenvalue weighted by Gasteiger charge is 2.16. The van der Waals surface area contributed by atoms with Crippen LogP contribution in [-0.2, 0) is 30.7 Å². The normalized spacial score (nSPS) is 14.2. The monoisotopic (exact) mass is 544 g/mol. The molecule has 0 saturated heterocycles. The van der Waals surface area contributed by atoms with Gasteiger partial charge < -0.3 is 19.4 Å². The zero-order chi connectivity index (χ0) is 26.9. The minimum Gasteiger partial charge on any atom is -0.454 e. The molecule has 1 N–H and O–H groups in total. The molecule has 1 aliphatic heterocycles. The first-order valence-electron chi connectivity index (χ1n) is 13.7. The summed E-state index contributed by atoms with van der Waals surface area (Å²) in [6.45, 7) is 3.78. The molecule has 2 heterocycles. The second kappa shape index (κ2) is 13.5. The predicted molar refractivity (Wildman–Crippen MR) is 154 cm³/mol. The van der Waals surface area contributed by atoms with Crippen LogP contribution in [0.3, 0.4) is 0 Å². The quantitative estimate of drug-likeness (QED) is 0.209. The van der Waals surface area contributed by atoms with Crippen LogP contribution in [0.1, 0.15) is 56.0 Å². The topological polar surface area (TPSA) is 78.3 Å². The number of fused-ring (bicyclic) bond motifs is 1. The van der Waals surface area contributed by atoms with E-state index in [1.165, 1.54) is 16.7 Å². The maximum atomic E-state index is 12.4. The fourth-order valence-electron chi connectivity index (χ4n) is 4.80. The van der Waals surface area contributed by atoms with E-state index in [0.717, 1.165) is 78.9 Å². The van der Waals surface area contributed by atoms with E-state index in [9.17, 15) is 4.79 Å². The number of hydrogen-bond donors (Lipinski definition) is 1. The van der Waals surface area contributed by atoms with Crippen LogP contribution < -0.4 is 14.8 Å². The molecule has 1 aromatic heterocycles. The van der Waals surface area contributed by atoms with Gasteiger partial charge in [0, 0.05) is 31.7 Å². The number of benzene rings is 2. The standard InChI is InChI=1S/C31H36N4O3S/c1-23-9-5-6-12-26(23)21-39-31-34-33-29(35(31)18-17-24-10-3-2-4-11-24)13-7-8-14-30(36)32-20-25-15-16-27-28(19-25)38-22-37-27/h2-5,9-11,15-16,19H,6-8,12-14,17-18,20-22H2,1H3,(H,32,36). The molecule has 0 unspecified atom stereocenters. The predicted octanol–water partition coefficient (Wildman–Crippen LogP) is 6.04. The molecule has 2 aliphatic rings. The van der Waals surface area contributed by atoms with Crippen molar-refractivity contribution in [3.63, 3.8) is 0 Å². The second-order valence-electron chi connectivity index (χ2n) is 9.97. The van der Waals surface area contributed by atoms with E-state index in [1.807, 2.05) is 18.2 Å². The molecule has 2 aromatic carbocycles. The van der Waals surface area contributed by atoms with Gasteiger partial charge in [-0.15, -0.1) is 10.2 Å². The van der Waals surface area contributed by atoms with Crippen LogP contribution in [0.25, 0.3) is 0 Å². The van der Waals surface area contributed by atoms with Crippen LogP contribution in [0.2, 0.25) is 0 Å². The van der Waals surface area contributed by atoms with E-state index in [4.69, 9.17) is 9.47 Å². The molecule has 0 saturated carbocycles. The van der Waals surface area contributed by atoms with Crippen molar-refractivity contribution in [3.8, 4) is 11.5 Å². The molecule has 7 nitrogen and oxygen atoms in total. The van der Waals surface area contributed by atoms with Gasteiger partial charge in [-0.25, -0.2) is 0 Å². The van der Waals surface area contributed by atoms with Crippen LogP contribution in [-0.4, -0.2) is 33.2 Å². The smallest absolute Gasteiger partial charge is 0.231 e. The van der Waals surface area contributed by atoms with Gasteiger partial charge in [0.25, 0.3) is 0 Å². The molecule has 1 amide bonds. The number of thioether (sulfide) groups is 1. The van der Waals surface area contributed by atoms with Crippen LogP contribution in [0.4, 0.5) is 0 Å². The lowest BCUT2D eigenvalue weighted by atomic mass is 10.0. The van der Waals surface area contributed by atoms with Gasteiger partial charge >= 0.3 is 0 Å². The lowest BCUT2D eigenvalue weighted by molar-refractivity contribution is -0.121. The highest BCUT2D eigenvalue weighted by atomic mass is 32.2. The summed E-state index contributed by atoms with van der Waals surface area (Å²) in [5, 5.41) is 13.1. The Morgan fingerprint density at radius 2 is 1.90 bits per heavy atom. The van der Waals surface area contributed by atoms with Gasteiger partial charge in [0.2, 0.25) is 12.7 Å². The first-order valence-corrected chi connectivity index (χ1v) is 14.7. The Hall–Kier alpha value is -3.52. The molecule has 204 valence electrons. The van der Waals surface area contributed by atoms with Crippen LogP contribution >= 0.6 is 11.8 Å². The third kappa shape index (κ3) is 7.53. The van der Waals surface area contributed by atoms with E-state index in [2.05, 4.69) is 69.5 Å². The van der Waals surface area contributed by atoms with Gasteiger partial charge in [-0.2, -0.15) is 0 Å². The highest BCUT2D eigenvalue weighted by molar-refractivity contribution is 7.99. The van der Waals surface area contributed by atoms with Crippen molar-refractivity contribution in [3.05, 3.63) is 88.8 Å². The average molecular weight is 545 g/mol. The SMILES string of the molecule is CC1=C(CSc2nnc(CCCCC(=O)NCc3ccc4c(c3)OCO4)n2CCc2ccccc2)CCC=C1. The molecular formula is C31H36N4O3S. The van der Waals surface area contributed by atoms with Crippen LogP contribution in [0.5, 0.6) is 11.5 Å². The van der Waals surface area contributed by atoms with Crippen molar-refractivity contribution in [2.45, 2.75) is 70.1 Å². The Labute approximate surface area is 234 Å². The summed E-state index contributed by atoms with van der Waals surface area (Å²) in [5.41, 5.74) is 5.18. The van der Waals surface area contributed by atoms with Crippen molar-refractivity contribution in [2.24, 2.45) is 0 Å². The molecule has 0 atom stereocenters. The summed E-state index contributed by atoms with van der Waals surface area (Å²) in [6.07, 6.45) is 10.7. The fourth-order valence-corrected chi connectivity index (χ4v) is 5.93. The summed E-state index contributed by atoms with van der Waals surface area (Å²) >= 11 is 1.79. The number of ether oxygens (including phenoxy) is 2. The first-order chi connectivity index (χ1) is 19.2. The van der Waals surface area contributed by atoms with Crippen molar-refractivity contribution in [1.82, 2.24) is 20.1 Å². The van der Waals surface area contributed by atoms with Gasteiger partial charge in [0.15, 0.2) is 16.7 Å². The molecule has 1 aliphatic carbocycles. The zero-order valence-corrected chi connectivity index (χ0v) is 23.3. The minimum absolute atomic E-state index is 0.0552.